The van der Waals surface area contributed by atoms with Crippen molar-refractivity contribution in [3.8, 4) is 39.8 Å². The van der Waals surface area contributed by atoms with E-state index in [0.717, 1.165) is 67.0 Å². The molecule has 57 heavy (non-hydrogen) atoms. The van der Waals surface area contributed by atoms with E-state index < -0.39 is 0 Å². The minimum absolute atomic E-state index is 0.620. The van der Waals surface area contributed by atoms with Gasteiger partial charge in [0.2, 0.25) is 5.95 Å². The fourth-order valence-electron chi connectivity index (χ4n) is 9.01. The first-order chi connectivity index (χ1) is 28.3. The lowest BCUT2D eigenvalue weighted by Gasteiger charge is -2.14. The van der Waals surface area contributed by atoms with Gasteiger partial charge in [-0.3, -0.25) is 9.13 Å². The van der Waals surface area contributed by atoms with Gasteiger partial charge in [0, 0.05) is 49.6 Å². The van der Waals surface area contributed by atoms with Crippen molar-refractivity contribution in [2.75, 3.05) is 0 Å². The Morgan fingerprint density at radius 2 is 0.842 bits per heavy atom. The molecule has 5 heteroatoms. The molecule has 0 aliphatic rings. The molecule has 5 nitrogen and oxygen atoms in total. The first-order valence-corrected chi connectivity index (χ1v) is 19.3. The van der Waals surface area contributed by atoms with Crippen LogP contribution in [0.1, 0.15) is 0 Å². The smallest absolute Gasteiger partial charge is 0.237 e. The molecular formula is C52H33N5. The summed E-state index contributed by atoms with van der Waals surface area (Å²) in [5, 5.41) is 7.07. The standard InChI is InChI=1S/C52H33N5/c1-3-16-34(17-4-1)35-18-15-19-36(32-35)43-33-49(54-52(53-43)56-44-26-11-7-22-38(44)39-23-8-12-27-45(39)56)57-46-28-13-9-24-40(46)41-30-31-48-50(51(41)57)42-25-10-14-29-47(42)55(48)37-20-5-2-6-21-37/h1-33H. The second kappa shape index (κ2) is 12.4. The summed E-state index contributed by atoms with van der Waals surface area (Å²) in [7, 11) is 0. The molecule has 0 unspecified atom stereocenters. The molecule has 8 aromatic carbocycles. The second-order valence-corrected chi connectivity index (χ2v) is 14.6. The van der Waals surface area contributed by atoms with Crippen molar-refractivity contribution >= 4 is 65.4 Å². The van der Waals surface area contributed by atoms with Gasteiger partial charge < -0.3 is 4.57 Å². The van der Waals surface area contributed by atoms with Crippen LogP contribution < -0.4 is 0 Å². The van der Waals surface area contributed by atoms with Crippen LogP contribution in [-0.2, 0) is 0 Å². The molecule has 0 radical (unpaired) electrons. The van der Waals surface area contributed by atoms with Crippen molar-refractivity contribution in [1.82, 2.24) is 23.7 Å². The first-order valence-electron chi connectivity index (χ1n) is 19.3. The zero-order valence-electron chi connectivity index (χ0n) is 30.8. The molecular weight excluding hydrogens is 695 g/mol. The van der Waals surface area contributed by atoms with Crippen molar-refractivity contribution in [2.45, 2.75) is 0 Å². The van der Waals surface area contributed by atoms with Gasteiger partial charge in [-0.15, -0.1) is 0 Å². The maximum Gasteiger partial charge on any atom is 0.237 e. The highest BCUT2D eigenvalue weighted by Crippen LogP contribution is 2.42. The summed E-state index contributed by atoms with van der Waals surface area (Å²) in [5.41, 5.74) is 11.9. The summed E-state index contributed by atoms with van der Waals surface area (Å²) in [6, 6.07) is 71.2. The Balaban J connectivity index is 1.22. The van der Waals surface area contributed by atoms with Crippen LogP contribution in [0.4, 0.5) is 0 Å². The van der Waals surface area contributed by atoms with Crippen LogP contribution in [0, 0.1) is 0 Å². The molecule has 0 saturated carbocycles. The molecule has 0 amide bonds. The van der Waals surface area contributed by atoms with E-state index >= 15 is 0 Å². The maximum absolute atomic E-state index is 5.58. The van der Waals surface area contributed by atoms with Gasteiger partial charge in [-0.2, -0.15) is 4.98 Å². The zero-order valence-corrected chi connectivity index (χ0v) is 30.8. The average molecular weight is 728 g/mol. The highest BCUT2D eigenvalue weighted by molar-refractivity contribution is 6.26. The largest absolute Gasteiger partial charge is 0.309 e. The Kier molecular flexibility index (Phi) is 6.86. The van der Waals surface area contributed by atoms with Crippen LogP contribution in [0.25, 0.3) is 105 Å². The number of fused-ring (bicyclic) bond motifs is 10. The summed E-state index contributed by atoms with van der Waals surface area (Å²) in [5.74, 6) is 1.42. The Bertz CT molecular complexity index is 3460. The van der Waals surface area contributed by atoms with E-state index in [1.54, 1.807) is 0 Å². The Labute approximate surface area is 328 Å². The van der Waals surface area contributed by atoms with E-state index in [2.05, 4.69) is 214 Å². The molecule has 0 atom stereocenters. The summed E-state index contributed by atoms with van der Waals surface area (Å²) >= 11 is 0. The van der Waals surface area contributed by atoms with E-state index in [-0.39, 0.29) is 0 Å². The fraction of sp³-hybridized carbons (Fsp3) is 0. The van der Waals surface area contributed by atoms with E-state index in [4.69, 9.17) is 9.97 Å². The van der Waals surface area contributed by atoms with E-state index in [1.807, 2.05) is 0 Å². The summed E-state index contributed by atoms with van der Waals surface area (Å²) in [4.78, 5) is 11.0. The van der Waals surface area contributed by atoms with Gasteiger partial charge in [0.15, 0.2) is 0 Å². The molecule has 0 aliphatic carbocycles. The summed E-state index contributed by atoms with van der Waals surface area (Å²) < 4.78 is 6.98. The average Bonchev–Trinajstić information content (AvgIpc) is 3.93. The van der Waals surface area contributed by atoms with E-state index in [9.17, 15) is 0 Å². The quantitative estimate of drug-likeness (QED) is 0.177. The number of para-hydroxylation sites is 5. The highest BCUT2D eigenvalue weighted by atomic mass is 15.2. The lowest BCUT2D eigenvalue weighted by atomic mass is 10.0. The molecule has 4 aromatic heterocycles. The van der Waals surface area contributed by atoms with Crippen LogP contribution in [0.2, 0.25) is 0 Å². The molecule has 0 saturated heterocycles. The minimum atomic E-state index is 0.620. The van der Waals surface area contributed by atoms with Crippen LogP contribution in [-0.4, -0.2) is 23.7 Å². The fourth-order valence-corrected chi connectivity index (χ4v) is 9.01. The first kappa shape index (κ1) is 31.6. The maximum atomic E-state index is 5.58. The Morgan fingerprint density at radius 1 is 0.316 bits per heavy atom. The number of rotatable bonds is 5. The number of aromatic nitrogens is 5. The van der Waals surface area contributed by atoms with Crippen LogP contribution in [0.5, 0.6) is 0 Å². The third-order valence-electron chi connectivity index (χ3n) is 11.5. The molecule has 0 bridgehead atoms. The number of hydrogen-bond donors (Lipinski definition) is 0. The van der Waals surface area contributed by atoms with Gasteiger partial charge in [0.25, 0.3) is 0 Å². The van der Waals surface area contributed by atoms with Gasteiger partial charge in [0.1, 0.15) is 5.82 Å². The minimum Gasteiger partial charge on any atom is -0.309 e. The van der Waals surface area contributed by atoms with Gasteiger partial charge in [0.05, 0.1) is 38.8 Å². The molecule has 0 fully saturated rings. The highest BCUT2D eigenvalue weighted by Gasteiger charge is 2.23. The lowest BCUT2D eigenvalue weighted by molar-refractivity contribution is 0.953. The molecule has 12 aromatic rings. The van der Waals surface area contributed by atoms with Crippen molar-refractivity contribution in [1.29, 1.82) is 0 Å². The molecule has 0 aliphatic heterocycles. The van der Waals surface area contributed by atoms with Crippen molar-refractivity contribution in [3.05, 3.63) is 200 Å². The molecule has 4 heterocycles. The third kappa shape index (κ3) is 4.76. The van der Waals surface area contributed by atoms with Crippen LogP contribution in [0.3, 0.4) is 0 Å². The molecule has 266 valence electrons. The Morgan fingerprint density at radius 3 is 1.53 bits per heavy atom. The van der Waals surface area contributed by atoms with Crippen molar-refractivity contribution in [2.24, 2.45) is 0 Å². The second-order valence-electron chi connectivity index (χ2n) is 14.6. The van der Waals surface area contributed by atoms with Crippen LogP contribution >= 0.6 is 0 Å². The summed E-state index contributed by atoms with van der Waals surface area (Å²) in [6.45, 7) is 0. The number of benzene rings is 8. The number of hydrogen-bond acceptors (Lipinski definition) is 2. The van der Waals surface area contributed by atoms with Gasteiger partial charge in [-0.05, 0) is 59.7 Å². The molecule has 0 N–H and O–H groups in total. The molecule has 0 spiro atoms. The number of nitrogens with zero attached hydrogens (tertiary/aromatic N) is 5. The van der Waals surface area contributed by atoms with Crippen molar-refractivity contribution in [3.63, 3.8) is 0 Å². The zero-order chi connectivity index (χ0) is 37.5. The van der Waals surface area contributed by atoms with Gasteiger partial charge in [-0.1, -0.05) is 146 Å². The SMILES string of the molecule is c1ccc(-c2cccc(-c3cc(-n4c5ccccc5c5ccc6c(c7ccccc7n6-c6ccccc6)c54)nc(-n4c5ccccc5c5ccccc54)n3)c2)cc1. The van der Waals surface area contributed by atoms with E-state index in [0.29, 0.717) is 5.95 Å². The molecule has 12 rings (SSSR count). The van der Waals surface area contributed by atoms with Gasteiger partial charge in [-0.25, -0.2) is 4.98 Å². The van der Waals surface area contributed by atoms with Crippen molar-refractivity contribution < 1.29 is 0 Å². The Hall–Kier alpha value is -7.76. The monoisotopic (exact) mass is 727 g/mol. The predicted octanol–water partition coefficient (Wildman–Crippen LogP) is 13.1. The van der Waals surface area contributed by atoms with E-state index in [1.165, 1.54) is 32.3 Å². The lowest BCUT2D eigenvalue weighted by Crippen LogP contribution is -2.07. The third-order valence-corrected chi connectivity index (χ3v) is 11.5. The van der Waals surface area contributed by atoms with Crippen LogP contribution in [0.15, 0.2) is 200 Å². The normalized spacial score (nSPS) is 11.9. The summed E-state index contributed by atoms with van der Waals surface area (Å²) in [6.07, 6.45) is 0. The topological polar surface area (TPSA) is 40.6 Å². The predicted molar refractivity (Wildman–Crippen MR) is 236 cm³/mol. The van der Waals surface area contributed by atoms with Gasteiger partial charge >= 0.3 is 0 Å².